The lowest BCUT2D eigenvalue weighted by atomic mass is 9.65. The van der Waals surface area contributed by atoms with Crippen LogP contribution in [0.4, 0.5) is 11.4 Å². The van der Waals surface area contributed by atoms with Gasteiger partial charge >= 0.3 is 5.97 Å². The predicted molar refractivity (Wildman–Crippen MR) is 158 cm³/mol. The van der Waals surface area contributed by atoms with Crippen LogP contribution in [-0.2, 0) is 14.4 Å². The Morgan fingerprint density at radius 2 is 1.59 bits per heavy atom. The largest absolute Gasteiger partial charge is 0.480 e. The van der Waals surface area contributed by atoms with Crippen LogP contribution in [0, 0.1) is 17.8 Å². The Bertz CT molecular complexity index is 1160. The summed E-state index contributed by atoms with van der Waals surface area (Å²) < 4.78 is 0. The molecule has 2 amide bonds. The molecule has 1 aromatic carbocycles. The van der Waals surface area contributed by atoms with Gasteiger partial charge in [-0.2, -0.15) is 0 Å². The maximum absolute atomic E-state index is 14.5. The van der Waals surface area contributed by atoms with Gasteiger partial charge in [0.1, 0.15) is 12.6 Å². The molecular weight excluding hydrogens is 516 g/mol. The van der Waals surface area contributed by atoms with Gasteiger partial charge in [-0.3, -0.25) is 19.3 Å². The molecule has 222 valence electrons. The second-order valence-corrected chi connectivity index (χ2v) is 14.2. The number of carboxylic acids is 1. The summed E-state index contributed by atoms with van der Waals surface area (Å²) in [6, 6.07) is 8.80. The minimum atomic E-state index is -1.03. The number of carbonyl (C=O) groups is 3. The maximum atomic E-state index is 14.5. The SMILES string of the molecule is C[C@@H]1C[C@@H]2C[C@H](C1)C[C@@H](N1[C@@H]3CCC[C@H]1C[C@@H](N1C(=O)C(C4CCCC(=O)N4CC(=O)O)Nc4ccccc41)C3)C2. The standard InChI is InChI=1S/C33H46N4O4/c1-20-12-21-14-22(13-20)16-25(15-21)36-23-6-4-7-24(36)18-26(17-23)37-28-9-3-2-8-27(28)34-32(33(37)41)29-10-5-11-30(38)35(29)19-31(39)40/h2-3,8-9,20-26,29,32,34H,4-7,10-19H2,1H3,(H,39,40)/t20-,21-,22+,23-,24+,25+,26+,29?,32?. The van der Waals surface area contributed by atoms with Crippen molar-refractivity contribution < 1.29 is 19.5 Å². The van der Waals surface area contributed by atoms with Crippen molar-refractivity contribution in [2.24, 2.45) is 17.8 Å². The van der Waals surface area contributed by atoms with Crippen molar-refractivity contribution >= 4 is 29.2 Å². The van der Waals surface area contributed by atoms with Crippen LogP contribution in [0.1, 0.15) is 90.4 Å². The molecule has 5 fully saturated rings. The van der Waals surface area contributed by atoms with Crippen LogP contribution in [0.2, 0.25) is 0 Å². The molecule has 2 unspecified atom stereocenters. The third-order valence-corrected chi connectivity index (χ3v) is 11.4. The highest BCUT2D eigenvalue weighted by atomic mass is 16.4. The van der Waals surface area contributed by atoms with Crippen LogP contribution in [0.15, 0.2) is 24.3 Å². The van der Waals surface area contributed by atoms with Crippen LogP contribution in [0.5, 0.6) is 0 Å². The van der Waals surface area contributed by atoms with E-state index in [2.05, 4.69) is 22.0 Å². The molecule has 4 bridgehead atoms. The third kappa shape index (κ3) is 5.04. The Kier molecular flexibility index (Phi) is 7.24. The Balaban J connectivity index is 1.15. The van der Waals surface area contributed by atoms with Gasteiger partial charge in [-0.25, -0.2) is 0 Å². The molecule has 8 nitrogen and oxygen atoms in total. The number of nitrogens with zero attached hydrogens (tertiary/aromatic N) is 3. The lowest BCUT2D eigenvalue weighted by Crippen LogP contribution is -2.66. The van der Waals surface area contributed by atoms with Gasteiger partial charge in [0, 0.05) is 30.6 Å². The molecule has 8 heteroatoms. The van der Waals surface area contributed by atoms with E-state index in [9.17, 15) is 19.5 Å². The number of carboxylic acid groups (broad SMARTS) is 1. The summed E-state index contributed by atoms with van der Waals surface area (Å²) in [5, 5.41) is 13.0. The number of amides is 2. The highest BCUT2D eigenvalue weighted by Crippen LogP contribution is 2.48. The van der Waals surface area contributed by atoms with Gasteiger partial charge < -0.3 is 20.2 Å². The summed E-state index contributed by atoms with van der Waals surface area (Å²) in [6.07, 6.45) is 14.3. The van der Waals surface area contributed by atoms with Crippen LogP contribution in [-0.4, -0.2) is 75.5 Å². The number of hydrogen-bond acceptors (Lipinski definition) is 5. The van der Waals surface area contributed by atoms with Crippen molar-refractivity contribution in [1.29, 1.82) is 0 Å². The molecule has 0 spiro atoms. The number of fused-ring (bicyclic) bond motifs is 5. The number of rotatable bonds is 5. The first-order valence-corrected chi connectivity index (χ1v) is 16.3. The van der Waals surface area contributed by atoms with Crippen LogP contribution >= 0.6 is 0 Å². The van der Waals surface area contributed by atoms with Crippen molar-refractivity contribution in [1.82, 2.24) is 9.80 Å². The summed E-state index contributed by atoms with van der Waals surface area (Å²) >= 11 is 0. The summed E-state index contributed by atoms with van der Waals surface area (Å²) in [4.78, 5) is 45.4. The molecule has 3 saturated heterocycles. The molecule has 2 aliphatic carbocycles. The predicted octanol–water partition coefficient (Wildman–Crippen LogP) is 4.88. The van der Waals surface area contributed by atoms with Crippen molar-refractivity contribution in [2.45, 2.75) is 127 Å². The lowest BCUT2D eigenvalue weighted by molar-refractivity contribution is -0.149. The normalized spacial score (nSPS) is 39.2. The van der Waals surface area contributed by atoms with Gasteiger partial charge in [0.15, 0.2) is 0 Å². The molecule has 2 saturated carbocycles. The molecule has 1 aromatic rings. The van der Waals surface area contributed by atoms with Crippen LogP contribution in [0.25, 0.3) is 0 Å². The molecule has 41 heavy (non-hydrogen) atoms. The number of piperidine rings is 3. The summed E-state index contributed by atoms with van der Waals surface area (Å²) in [7, 11) is 0. The fraction of sp³-hybridized carbons (Fsp3) is 0.727. The van der Waals surface area contributed by atoms with Crippen LogP contribution < -0.4 is 10.2 Å². The number of hydrogen-bond donors (Lipinski definition) is 2. The van der Waals surface area contributed by atoms with E-state index in [1.54, 1.807) is 0 Å². The zero-order valence-electron chi connectivity index (χ0n) is 24.4. The molecule has 4 aliphatic heterocycles. The first-order valence-electron chi connectivity index (χ1n) is 16.3. The first kappa shape index (κ1) is 27.2. The second-order valence-electron chi connectivity index (χ2n) is 14.2. The van der Waals surface area contributed by atoms with Crippen LogP contribution in [0.3, 0.4) is 0 Å². The number of benzene rings is 1. The fourth-order valence-corrected chi connectivity index (χ4v) is 10.2. The van der Waals surface area contributed by atoms with Gasteiger partial charge in [0.05, 0.1) is 17.4 Å². The fourth-order valence-electron chi connectivity index (χ4n) is 10.2. The van der Waals surface area contributed by atoms with Gasteiger partial charge in [-0.1, -0.05) is 25.5 Å². The highest BCUT2D eigenvalue weighted by Gasteiger charge is 2.50. The van der Waals surface area contributed by atoms with Gasteiger partial charge in [-0.15, -0.1) is 0 Å². The topological polar surface area (TPSA) is 93.2 Å². The third-order valence-electron chi connectivity index (χ3n) is 11.4. The number of likely N-dealkylation sites (tertiary alicyclic amines) is 1. The average Bonchev–Trinajstić information content (AvgIpc) is 2.92. The number of nitrogens with one attached hydrogen (secondary N) is 1. The van der Waals surface area contributed by atoms with E-state index >= 15 is 0 Å². The molecule has 0 aromatic heterocycles. The summed E-state index contributed by atoms with van der Waals surface area (Å²) in [5.74, 6) is 1.44. The zero-order valence-corrected chi connectivity index (χ0v) is 24.4. The Morgan fingerprint density at radius 3 is 2.29 bits per heavy atom. The van der Waals surface area contributed by atoms with Crippen molar-refractivity contribution in [3.63, 3.8) is 0 Å². The Labute approximate surface area is 243 Å². The quantitative estimate of drug-likeness (QED) is 0.532. The molecule has 2 N–H and O–H groups in total. The average molecular weight is 563 g/mol. The van der Waals surface area contributed by atoms with Gasteiger partial charge in [0.2, 0.25) is 5.91 Å². The highest BCUT2D eigenvalue weighted by molar-refractivity contribution is 6.06. The smallest absolute Gasteiger partial charge is 0.323 e. The number of carbonyl (C=O) groups excluding carboxylic acids is 2. The second kappa shape index (κ2) is 10.9. The van der Waals surface area contributed by atoms with Crippen molar-refractivity contribution in [3.8, 4) is 0 Å². The van der Waals surface area contributed by atoms with Crippen molar-refractivity contribution in [3.05, 3.63) is 24.3 Å². The molecule has 4 heterocycles. The molecule has 7 rings (SSSR count). The lowest BCUT2D eigenvalue weighted by Gasteiger charge is -2.57. The molecule has 0 radical (unpaired) electrons. The number of anilines is 2. The zero-order chi connectivity index (χ0) is 28.2. The van der Waals surface area contributed by atoms with Gasteiger partial charge in [0.25, 0.3) is 5.91 Å². The monoisotopic (exact) mass is 562 g/mol. The Morgan fingerprint density at radius 1 is 0.878 bits per heavy atom. The Hall–Kier alpha value is -2.61. The van der Waals surface area contributed by atoms with E-state index in [1.165, 1.54) is 56.3 Å². The maximum Gasteiger partial charge on any atom is 0.323 e. The minimum Gasteiger partial charge on any atom is -0.480 e. The van der Waals surface area contributed by atoms with E-state index < -0.39 is 18.1 Å². The number of aliphatic carboxylic acids is 1. The molecular formula is C33H46N4O4. The van der Waals surface area contributed by atoms with E-state index in [1.807, 2.05) is 24.3 Å². The van der Waals surface area contributed by atoms with E-state index in [-0.39, 0.29) is 24.4 Å². The molecule has 6 aliphatic rings. The van der Waals surface area contributed by atoms with Crippen molar-refractivity contribution in [2.75, 3.05) is 16.8 Å². The minimum absolute atomic E-state index is 0.00324. The molecule has 9 atom stereocenters. The van der Waals surface area contributed by atoms with E-state index in [4.69, 9.17) is 0 Å². The van der Waals surface area contributed by atoms with E-state index in [0.29, 0.717) is 37.4 Å². The summed E-state index contributed by atoms with van der Waals surface area (Å²) in [6.45, 7) is 2.08. The van der Waals surface area contributed by atoms with E-state index in [0.717, 1.165) is 42.0 Å². The summed E-state index contributed by atoms with van der Waals surface area (Å²) in [5.41, 5.74) is 1.84. The first-order chi connectivity index (χ1) is 19.9. The van der Waals surface area contributed by atoms with Gasteiger partial charge in [-0.05, 0) is 101 Å². The number of para-hydroxylation sites is 2.